The lowest BCUT2D eigenvalue weighted by molar-refractivity contribution is -0.00445. The highest BCUT2D eigenvalue weighted by Crippen LogP contribution is 2.28. The molecule has 0 aliphatic carbocycles. The van der Waals surface area contributed by atoms with Crippen molar-refractivity contribution < 1.29 is 28.0 Å². The Labute approximate surface area is 76.7 Å². The normalized spacial score (nSPS) is 15.3. The first-order valence-electron chi connectivity index (χ1n) is 3.42. The average Bonchev–Trinajstić information content (AvgIpc) is 1.98. The van der Waals surface area contributed by atoms with Crippen molar-refractivity contribution in [3.05, 3.63) is 0 Å². The molecule has 76 valence electrons. The van der Waals surface area contributed by atoms with E-state index >= 15 is 0 Å². The van der Waals surface area contributed by atoms with Gasteiger partial charge in [0.2, 0.25) is 0 Å². The molecule has 2 unspecified atom stereocenters. The standard InChI is InChI=1S/C4H9NO6P2/c5-3-1-2-4(10-12(6)7)11-13(8)9/h4H,1-3,5H2/p+2. The molecule has 0 saturated carbocycles. The summed E-state index contributed by atoms with van der Waals surface area (Å²) >= 11 is 0. The highest BCUT2D eigenvalue weighted by Gasteiger charge is 2.31. The third-order valence-corrected chi connectivity index (χ3v) is 1.89. The maximum absolute atomic E-state index is 10.2. The van der Waals surface area contributed by atoms with Gasteiger partial charge >= 0.3 is 16.5 Å². The van der Waals surface area contributed by atoms with Gasteiger partial charge in [-0.15, -0.1) is 9.79 Å². The van der Waals surface area contributed by atoms with Crippen LogP contribution in [-0.2, 0) is 18.2 Å². The number of rotatable bonds is 7. The Hall–Kier alpha value is -0.0000000000000000763. The summed E-state index contributed by atoms with van der Waals surface area (Å²) < 4.78 is 29.0. The smallest absolute Gasteiger partial charge is 0.330 e. The van der Waals surface area contributed by atoms with Gasteiger partial charge in [-0.3, -0.25) is 0 Å². The summed E-state index contributed by atoms with van der Waals surface area (Å²) in [6, 6.07) is 0. The Morgan fingerprint density at radius 3 is 2.00 bits per heavy atom. The van der Waals surface area contributed by atoms with Crippen molar-refractivity contribution in [2.24, 2.45) is 5.73 Å². The molecule has 7 nitrogen and oxygen atoms in total. The summed E-state index contributed by atoms with van der Waals surface area (Å²) in [5, 5.41) is 0. The molecule has 0 amide bonds. The predicted molar refractivity (Wildman–Crippen MR) is 43.9 cm³/mol. The van der Waals surface area contributed by atoms with Crippen LogP contribution >= 0.6 is 16.5 Å². The van der Waals surface area contributed by atoms with E-state index in [0.717, 1.165) is 0 Å². The van der Waals surface area contributed by atoms with Crippen LogP contribution in [0.15, 0.2) is 0 Å². The SMILES string of the molecule is NCCCC(O[P+](=O)O)O[P+](=O)O. The fourth-order valence-electron chi connectivity index (χ4n) is 0.610. The van der Waals surface area contributed by atoms with E-state index in [0.29, 0.717) is 13.0 Å². The Bertz CT molecular complexity index is 171. The first-order valence-corrected chi connectivity index (χ1v) is 5.68. The summed E-state index contributed by atoms with van der Waals surface area (Å²) in [4.78, 5) is 16.7. The first kappa shape index (κ1) is 13.0. The molecule has 13 heavy (non-hydrogen) atoms. The molecule has 0 fully saturated rings. The predicted octanol–water partition coefficient (Wildman–Crippen LogP) is 0.384. The zero-order valence-corrected chi connectivity index (χ0v) is 8.49. The number of hydrogen-bond donors (Lipinski definition) is 3. The Kier molecular flexibility index (Phi) is 7.41. The van der Waals surface area contributed by atoms with Gasteiger partial charge in [0.15, 0.2) is 0 Å². The lowest BCUT2D eigenvalue weighted by Gasteiger charge is -2.00. The molecule has 0 saturated heterocycles. The van der Waals surface area contributed by atoms with Crippen molar-refractivity contribution >= 4 is 16.5 Å². The summed E-state index contributed by atoms with van der Waals surface area (Å²) in [6.07, 6.45) is -0.498. The zero-order valence-electron chi connectivity index (χ0n) is 6.70. The van der Waals surface area contributed by atoms with E-state index in [-0.39, 0.29) is 6.42 Å². The van der Waals surface area contributed by atoms with E-state index < -0.39 is 22.8 Å². The third kappa shape index (κ3) is 8.33. The molecular weight excluding hydrogens is 220 g/mol. The lowest BCUT2D eigenvalue weighted by atomic mass is 10.3. The second kappa shape index (κ2) is 7.41. The number of nitrogens with two attached hydrogens (primary N) is 1. The van der Waals surface area contributed by atoms with Crippen molar-refractivity contribution in [2.75, 3.05) is 6.54 Å². The molecular formula is C4H11NO6P2+2. The van der Waals surface area contributed by atoms with Gasteiger partial charge in [-0.25, -0.2) is 0 Å². The molecule has 0 aliphatic heterocycles. The molecule has 0 rings (SSSR count). The van der Waals surface area contributed by atoms with Crippen molar-refractivity contribution in [3.63, 3.8) is 0 Å². The molecule has 0 heterocycles. The molecule has 0 aromatic heterocycles. The van der Waals surface area contributed by atoms with E-state index in [4.69, 9.17) is 15.5 Å². The zero-order chi connectivity index (χ0) is 10.3. The molecule has 0 aliphatic rings. The van der Waals surface area contributed by atoms with Crippen molar-refractivity contribution in [2.45, 2.75) is 19.1 Å². The molecule has 9 heteroatoms. The van der Waals surface area contributed by atoms with Crippen molar-refractivity contribution in [3.8, 4) is 0 Å². The Morgan fingerprint density at radius 2 is 1.69 bits per heavy atom. The van der Waals surface area contributed by atoms with Crippen molar-refractivity contribution in [1.29, 1.82) is 0 Å². The lowest BCUT2D eigenvalue weighted by Crippen LogP contribution is -2.12. The molecule has 2 atom stereocenters. The summed E-state index contributed by atoms with van der Waals surface area (Å²) in [6.45, 7) is 0.341. The highest BCUT2D eigenvalue weighted by molar-refractivity contribution is 7.32. The first-order chi connectivity index (χ1) is 6.06. The van der Waals surface area contributed by atoms with Gasteiger partial charge in [0, 0.05) is 15.6 Å². The van der Waals surface area contributed by atoms with E-state index in [1.807, 2.05) is 0 Å². The van der Waals surface area contributed by atoms with Gasteiger partial charge in [0.05, 0.1) is 0 Å². The molecule has 0 aromatic carbocycles. The van der Waals surface area contributed by atoms with E-state index in [1.54, 1.807) is 0 Å². The van der Waals surface area contributed by atoms with Crippen LogP contribution < -0.4 is 5.73 Å². The fourth-order valence-corrected chi connectivity index (χ4v) is 1.38. The van der Waals surface area contributed by atoms with Crippen LogP contribution in [0.25, 0.3) is 0 Å². The summed E-state index contributed by atoms with van der Waals surface area (Å²) in [5.74, 6) is 0. The third-order valence-electron chi connectivity index (χ3n) is 1.06. The molecule has 4 N–H and O–H groups in total. The van der Waals surface area contributed by atoms with Crippen LogP contribution in [-0.4, -0.2) is 22.6 Å². The van der Waals surface area contributed by atoms with E-state index in [9.17, 15) is 9.13 Å². The van der Waals surface area contributed by atoms with Gasteiger partial charge in [-0.2, -0.15) is 0 Å². The van der Waals surface area contributed by atoms with Gasteiger partial charge in [0.25, 0.3) is 6.29 Å². The van der Waals surface area contributed by atoms with E-state index in [1.165, 1.54) is 0 Å². The summed E-state index contributed by atoms with van der Waals surface area (Å²) in [7, 11) is -5.68. The molecule has 0 bridgehead atoms. The summed E-state index contributed by atoms with van der Waals surface area (Å²) in [5.41, 5.74) is 5.16. The largest absolute Gasteiger partial charge is 0.697 e. The minimum atomic E-state index is -2.84. The van der Waals surface area contributed by atoms with Crippen LogP contribution in [0.1, 0.15) is 12.8 Å². The molecule has 0 radical (unpaired) electrons. The monoisotopic (exact) mass is 231 g/mol. The van der Waals surface area contributed by atoms with Crippen LogP contribution in [0, 0.1) is 0 Å². The van der Waals surface area contributed by atoms with Crippen LogP contribution in [0.4, 0.5) is 0 Å². The van der Waals surface area contributed by atoms with Crippen LogP contribution in [0.3, 0.4) is 0 Å². The Morgan fingerprint density at radius 1 is 1.23 bits per heavy atom. The minimum absolute atomic E-state index is 0.194. The van der Waals surface area contributed by atoms with Gasteiger partial charge in [-0.05, 0) is 13.0 Å². The maximum Gasteiger partial charge on any atom is 0.697 e. The van der Waals surface area contributed by atoms with Crippen molar-refractivity contribution in [1.82, 2.24) is 0 Å². The second-order valence-electron chi connectivity index (χ2n) is 2.05. The highest BCUT2D eigenvalue weighted by atomic mass is 31.1. The van der Waals surface area contributed by atoms with Gasteiger partial charge in [0.1, 0.15) is 0 Å². The molecule has 0 aromatic rings. The van der Waals surface area contributed by atoms with Crippen LogP contribution in [0.5, 0.6) is 0 Å². The fraction of sp³-hybridized carbons (Fsp3) is 1.00. The van der Waals surface area contributed by atoms with Gasteiger partial charge in [-0.1, -0.05) is 9.05 Å². The quantitative estimate of drug-likeness (QED) is 0.428. The van der Waals surface area contributed by atoms with Gasteiger partial charge < -0.3 is 5.73 Å². The Balaban J connectivity index is 3.87. The average molecular weight is 231 g/mol. The second-order valence-corrected chi connectivity index (χ2v) is 3.42. The van der Waals surface area contributed by atoms with E-state index in [2.05, 4.69) is 9.05 Å². The number of hydrogen-bond acceptors (Lipinski definition) is 5. The topological polar surface area (TPSA) is 119 Å². The van der Waals surface area contributed by atoms with Crippen LogP contribution in [0.2, 0.25) is 0 Å². The molecule has 0 spiro atoms. The maximum atomic E-state index is 10.2. The minimum Gasteiger partial charge on any atom is -0.330 e.